The molecule has 4 heteroatoms. The summed E-state index contributed by atoms with van der Waals surface area (Å²) in [5.41, 5.74) is 3.36. The van der Waals surface area contributed by atoms with E-state index in [9.17, 15) is 4.39 Å². The Balaban J connectivity index is 2.33. The number of nitrogens with one attached hydrogen (secondary N) is 1. The highest BCUT2D eigenvalue weighted by Crippen LogP contribution is 2.18. The van der Waals surface area contributed by atoms with Crippen molar-refractivity contribution >= 4 is 23.5 Å². The Morgan fingerprint density at radius 2 is 2.28 bits per heavy atom. The van der Waals surface area contributed by atoms with E-state index in [2.05, 4.69) is 29.3 Å². The first kappa shape index (κ1) is 14.5. The summed E-state index contributed by atoms with van der Waals surface area (Å²) in [6.07, 6.45) is 5.91. The zero-order valence-corrected chi connectivity index (χ0v) is 11.1. The molecule has 0 aliphatic rings. The fourth-order valence-corrected chi connectivity index (χ4v) is 1.47. The number of anilines is 1. The zero-order valence-electron chi connectivity index (χ0n) is 10.3. The van der Waals surface area contributed by atoms with Gasteiger partial charge in [0.15, 0.2) is 0 Å². The molecule has 0 spiro atoms. The number of halogens is 2. The molecule has 0 heterocycles. The Bertz CT molecular complexity index is 461. The molecule has 1 aromatic carbocycles. The van der Waals surface area contributed by atoms with Crippen molar-refractivity contribution < 1.29 is 4.39 Å². The highest BCUT2D eigenvalue weighted by Gasteiger charge is 1.98. The van der Waals surface area contributed by atoms with Crippen molar-refractivity contribution in [2.24, 2.45) is 5.10 Å². The molecule has 0 aromatic heterocycles. The van der Waals surface area contributed by atoms with Crippen LogP contribution in [0.1, 0.15) is 32.6 Å². The molecule has 2 nitrogen and oxygen atoms in total. The van der Waals surface area contributed by atoms with Crippen molar-refractivity contribution in [1.29, 1.82) is 0 Å². The van der Waals surface area contributed by atoms with E-state index in [4.69, 9.17) is 11.6 Å². The molecule has 0 radical (unpaired) electrons. The average Bonchev–Trinajstić information content (AvgIpc) is 2.37. The van der Waals surface area contributed by atoms with Crippen molar-refractivity contribution in [1.82, 2.24) is 0 Å². The standard InChI is InChI=1S/C14H16ClFN2/c1-2-3-4-5-6-7-10-17-18-12-8-9-14(16)13(15)11-12/h8-11,18H,2-5H2,1H3/b17-10-. The molecule has 0 saturated heterocycles. The Hall–Kier alpha value is -1.53. The minimum absolute atomic E-state index is 0.0702. The molecular weight excluding hydrogens is 251 g/mol. The minimum atomic E-state index is -0.443. The van der Waals surface area contributed by atoms with Crippen LogP contribution in [0.3, 0.4) is 0 Å². The molecule has 0 aliphatic carbocycles. The SMILES string of the molecule is CCCCCC#C/C=N\Nc1ccc(F)c(Cl)c1. The summed E-state index contributed by atoms with van der Waals surface area (Å²) in [5.74, 6) is 5.39. The molecular formula is C14H16ClFN2. The lowest BCUT2D eigenvalue weighted by molar-refractivity contribution is 0.628. The van der Waals surface area contributed by atoms with Gasteiger partial charge in [-0.05, 0) is 24.6 Å². The van der Waals surface area contributed by atoms with E-state index in [0.29, 0.717) is 5.69 Å². The second-order valence-corrected chi connectivity index (χ2v) is 4.18. The monoisotopic (exact) mass is 266 g/mol. The second kappa shape index (κ2) is 8.54. The van der Waals surface area contributed by atoms with E-state index in [-0.39, 0.29) is 5.02 Å². The number of hydrogen-bond acceptors (Lipinski definition) is 2. The summed E-state index contributed by atoms with van der Waals surface area (Å²) >= 11 is 5.63. The molecule has 0 atom stereocenters. The summed E-state index contributed by atoms with van der Waals surface area (Å²) in [6.45, 7) is 2.16. The van der Waals surface area contributed by atoms with Crippen LogP contribution in [0.5, 0.6) is 0 Å². The van der Waals surface area contributed by atoms with Crippen LogP contribution in [0.25, 0.3) is 0 Å². The number of unbranched alkanes of at least 4 members (excludes halogenated alkanes) is 3. The minimum Gasteiger partial charge on any atom is -0.278 e. The van der Waals surface area contributed by atoms with Gasteiger partial charge in [0.05, 0.1) is 16.9 Å². The molecule has 0 saturated carbocycles. The van der Waals surface area contributed by atoms with Gasteiger partial charge in [0.25, 0.3) is 0 Å². The van der Waals surface area contributed by atoms with Gasteiger partial charge in [-0.25, -0.2) is 4.39 Å². The van der Waals surface area contributed by atoms with Crippen LogP contribution in [-0.2, 0) is 0 Å². The molecule has 0 unspecified atom stereocenters. The van der Waals surface area contributed by atoms with E-state index in [1.165, 1.54) is 31.2 Å². The van der Waals surface area contributed by atoms with E-state index in [1.54, 1.807) is 6.07 Å². The van der Waals surface area contributed by atoms with E-state index in [0.717, 1.165) is 12.8 Å². The van der Waals surface area contributed by atoms with E-state index >= 15 is 0 Å². The lowest BCUT2D eigenvalue weighted by Crippen LogP contribution is -1.89. The number of hydrogen-bond donors (Lipinski definition) is 1. The van der Waals surface area contributed by atoms with Gasteiger partial charge in [-0.2, -0.15) is 5.10 Å². The Labute approximate surface area is 112 Å². The summed E-state index contributed by atoms with van der Waals surface area (Å²) in [6, 6.07) is 4.33. The maximum absolute atomic E-state index is 12.9. The zero-order chi connectivity index (χ0) is 13.2. The third kappa shape index (κ3) is 5.70. The van der Waals surface area contributed by atoms with Crippen molar-refractivity contribution in [2.75, 3.05) is 5.43 Å². The van der Waals surface area contributed by atoms with E-state index < -0.39 is 5.82 Å². The van der Waals surface area contributed by atoms with Crippen LogP contribution >= 0.6 is 11.6 Å². The fourth-order valence-electron chi connectivity index (χ4n) is 1.29. The quantitative estimate of drug-likeness (QED) is 0.362. The second-order valence-electron chi connectivity index (χ2n) is 3.78. The maximum atomic E-state index is 12.9. The molecule has 1 rings (SSSR count). The molecule has 0 aliphatic heterocycles. The van der Waals surface area contributed by atoms with Crippen molar-refractivity contribution in [3.8, 4) is 11.8 Å². The summed E-state index contributed by atoms with van der Waals surface area (Å²) in [5, 5.41) is 3.97. The van der Waals surface area contributed by atoms with Crippen molar-refractivity contribution in [2.45, 2.75) is 32.6 Å². The average molecular weight is 267 g/mol. The molecule has 0 amide bonds. The molecule has 18 heavy (non-hydrogen) atoms. The first-order chi connectivity index (χ1) is 8.74. The molecule has 0 bridgehead atoms. The molecule has 96 valence electrons. The number of benzene rings is 1. The topological polar surface area (TPSA) is 24.4 Å². The highest BCUT2D eigenvalue weighted by molar-refractivity contribution is 6.31. The normalized spacial score (nSPS) is 10.2. The van der Waals surface area contributed by atoms with Crippen LogP contribution in [0.4, 0.5) is 10.1 Å². The van der Waals surface area contributed by atoms with E-state index in [1.807, 2.05) is 0 Å². The summed E-state index contributed by atoms with van der Waals surface area (Å²) < 4.78 is 12.9. The van der Waals surface area contributed by atoms with Crippen molar-refractivity contribution in [3.05, 3.63) is 29.0 Å². The fraction of sp³-hybridized carbons (Fsp3) is 0.357. The van der Waals surface area contributed by atoms with Crippen LogP contribution in [0, 0.1) is 17.7 Å². The van der Waals surface area contributed by atoms with Gasteiger partial charge in [0, 0.05) is 6.42 Å². The first-order valence-corrected chi connectivity index (χ1v) is 6.33. The lowest BCUT2D eigenvalue weighted by Gasteiger charge is -1.99. The molecule has 1 N–H and O–H groups in total. The number of rotatable bonds is 5. The Kier molecular flexibility index (Phi) is 6.90. The molecule has 0 fully saturated rings. The van der Waals surface area contributed by atoms with Crippen LogP contribution in [-0.4, -0.2) is 6.21 Å². The number of hydrazone groups is 1. The summed E-state index contributed by atoms with van der Waals surface area (Å²) in [7, 11) is 0. The first-order valence-electron chi connectivity index (χ1n) is 5.95. The Morgan fingerprint density at radius 1 is 1.44 bits per heavy atom. The van der Waals surface area contributed by atoms with Crippen LogP contribution in [0.2, 0.25) is 5.02 Å². The maximum Gasteiger partial charge on any atom is 0.141 e. The number of nitrogens with zero attached hydrogens (tertiary/aromatic N) is 1. The summed E-state index contributed by atoms with van der Waals surface area (Å²) in [4.78, 5) is 0. The van der Waals surface area contributed by atoms with Gasteiger partial charge < -0.3 is 0 Å². The van der Waals surface area contributed by atoms with Gasteiger partial charge in [-0.1, -0.05) is 43.2 Å². The van der Waals surface area contributed by atoms with Gasteiger partial charge in [0.2, 0.25) is 0 Å². The largest absolute Gasteiger partial charge is 0.278 e. The van der Waals surface area contributed by atoms with Crippen molar-refractivity contribution in [3.63, 3.8) is 0 Å². The predicted octanol–water partition coefficient (Wildman–Crippen LogP) is 4.46. The lowest BCUT2D eigenvalue weighted by atomic mass is 10.2. The predicted molar refractivity (Wildman–Crippen MR) is 75.4 cm³/mol. The van der Waals surface area contributed by atoms with Gasteiger partial charge >= 0.3 is 0 Å². The van der Waals surface area contributed by atoms with Gasteiger partial charge in [0.1, 0.15) is 5.82 Å². The van der Waals surface area contributed by atoms with Crippen LogP contribution < -0.4 is 5.43 Å². The smallest absolute Gasteiger partial charge is 0.141 e. The molecule has 1 aromatic rings. The van der Waals surface area contributed by atoms with Gasteiger partial charge in [-0.3, -0.25) is 5.43 Å². The third-order valence-corrected chi connectivity index (χ3v) is 2.54. The van der Waals surface area contributed by atoms with Crippen LogP contribution in [0.15, 0.2) is 23.3 Å². The third-order valence-electron chi connectivity index (χ3n) is 2.25. The van der Waals surface area contributed by atoms with Gasteiger partial charge in [-0.15, -0.1) is 0 Å². The highest BCUT2D eigenvalue weighted by atomic mass is 35.5. The Morgan fingerprint density at radius 3 is 3.00 bits per heavy atom.